The number of aromatic nitrogens is 1. The van der Waals surface area contributed by atoms with Gasteiger partial charge in [-0.05, 0) is 18.9 Å². The van der Waals surface area contributed by atoms with Gasteiger partial charge in [0.2, 0.25) is 0 Å². The number of thiazole rings is 1. The molecule has 0 radical (unpaired) electrons. The average molecular weight is 276 g/mol. The first-order valence-electron chi connectivity index (χ1n) is 6.07. The molecule has 2 N–H and O–H groups in total. The number of aliphatic hydroxyl groups excluding tert-OH is 1. The number of aryl methyl sites for hydroxylation is 1. The predicted octanol–water partition coefficient (Wildman–Crippen LogP) is 1.78. The van der Waals surface area contributed by atoms with Crippen molar-refractivity contribution in [2.45, 2.75) is 19.4 Å². The molecule has 0 saturated heterocycles. The van der Waals surface area contributed by atoms with Crippen LogP contribution in [0, 0.1) is 6.92 Å². The number of benzene rings is 1. The highest BCUT2D eigenvalue weighted by Gasteiger charge is 2.15. The molecule has 1 unspecified atom stereocenters. The Morgan fingerprint density at radius 3 is 2.74 bits per heavy atom. The van der Waals surface area contributed by atoms with Crippen molar-refractivity contribution in [3.05, 3.63) is 52.0 Å². The summed E-state index contributed by atoms with van der Waals surface area (Å²) in [5.74, 6) is -0.237. The molecule has 1 aromatic carbocycles. The van der Waals surface area contributed by atoms with Crippen LogP contribution in [0.3, 0.4) is 0 Å². The molecule has 100 valence electrons. The van der Waals surface area contributed by atoms with Crippen LogP contribution in [-0.2, 0) is 6.42 Å². The van der Waals surface area contributed by atoms with Gasteiger partial charge in [0.05, 0.1) is 17.7 Å². The van der Waals surface area contributed by atoms with Crippen LogP contribution in [0.5, 0.6) is 0 Å². The highest BCUT2D eigenvalue weighted by atomic mass is 32.1. The van der Waals surface area contributed by atoms with Gasteiger partial charge in [0.25, 0.3) is 5.91 Å². The molecule has 0 fully saturated rings. The van der Waals surface area contributed by atoms with Gasteiger partial charge in [-0.3, -0.25) is 4.79 Å². The molecular weight excluding hydrogens is 260 g/mol. The number of hydrogen-bond donors (Lipinski definition) is 2. The van der Waals surface area contributed by atoms with E-state index in [0.29, 0.717) is 12.1 Å². The van der Waals surface area contributed by atoms with Crippen LogP contribution in [-0.4, -0.2) is 28.6 Å². The number of carbonyl (C=O) groups excluding carboxylic acids is 1. The van der Waals surface area contributed by atoms with Crippen LogP contribution >= 0.6 is 11.3 Å². The van der Waals surface area contributed by atoms with Gasteiger partial charge in [-0.2, -0.15) is 0 Å². The fraction of sp³-hybridized carbons (Fsp3) is 0.286. The molecule has 1 atom stereocenters. The average Bonchev–Trinajstić information content (AvgIpc) is 2.86. The lowest BCUT2D eigenvalue weighted by Gasteiger charge is -2.15. The molecule has 1 amide bonds. The molecule has 2 aromatic rings. The third-order valence-electron chi connectivity index (χ3n) is 2.73. The largest absolute Gasteiger partial charge is 0.394 e. The van der Waals surface area contributed by atoms with E-state index < -0.39 is 0 Å². The Labute approximate surface area is 116 Å². The Balaban J connectivity index is 1.97. The van der Waals surface area contributed by atoms with E-state index in [4.69, 9.17) is 0 Å². The lowest BCUT2D eigenvalue weighted by Crippen LogP contribution is -2.39. The standard InChI is InChI=1S/C14H16N2O2S/c1-10-15-13(9-19-10)14(18)16-12(8-17)7-11-5-3-2-4-6-11/h2-6,9,12,17H,7-8H2,1H3,(H,16,18). The van der Waals surface area contributed by atoms with Crippen molar-refractivity contribution in [3.8, 4) is 0 Å². The second-order valence-corrected chi connectivity index (χ2v) is 5.36. The maximum Gasteiger partial charge on any atom is 0.271 e. The summed E-state index contributed by atoms with van der Waals surface area (Å²) in [6.07, 6.45) is 0.603. The van der Waals surface area contributed by atoms with E-state index >= 15 is 0 Å². The third kappa shape index (κ3) is 3.87. The summed E-state index contributed by atoms with van der Waals surface area (Å²) in [5, 5.41) is 14.7. The van der Waals surface area contributed by atoms with Crippen LogP contribution in [0.15, 0.2) is 35.7 Å². The van der Waals surface area contributed by atoms with Crippen molar-refractivity contribution < 1.29 is 9.90 Å². The number of nitrogens with one attached hydrogen (secondary N) is 1. The lowest BCUT2D eigenvalue weighted by molar-refractivity contribution is 0.0912. The molecule has 1 heterocycles. The Kier molecular flexibility index (Phi) is 4.65. The van der Waals surface area contributed by atoms with Crippen molar-refractivity contribution in [2.24, 2.45) is 0 Å². The van der Waals surface area contributed by atoms with Crippen LogP contribution < -0.4 is 5.32 Å². The zero-order valence-corrected chi connectivity index (χ0v) is 11.5. The van der Waals surface area contributed by atoms with E-state index in [9.17, 15) is 9.90 Å². The predicted molar refractivity (Wildman–Crippen MR) is 75.3 cm³/mol. The molecule has 0 bridgehead atoms. The summed E-state index contributed by atoms with van der Waals surface area (Å²) in [6.45, 7) is 1.76. The van der Waals surface area contributed by atoms with Gasteiger partial charge in [0, 0.05) is 5.38 Å². The lowest BCUT2D eigenvalue weighted by atomic mass is 10.1. The first-order valence-corrected chi connectivity index (χ1v) is 6.95. The fourth-order valence-electron chi connectivity index (χ4n) is 1.79. The number of nitrogens with zero attached hydrogens (tertiary/aromatic N) is 1. The summed E-state index contributed by atoms with van der Waals surface area (Å²) < 4.78 is 0. The fourth-order valence-corrected chi connectivity index (χ4v) is 2.38. The normalized spacial score (nSPS) is 12.1. The summed E-state index contributed by atoms with van der Waals surface area (Å²) >= 11 is 1.44. The van der Waals surface area contributed by atoms with Gasteiger partial charge in [-0.25, -0.2) is 4.98 Å². The van der Waals surface area contributed by atoms with Crippen molar-refractivity contribution in [2.75, 3.05) is 6.61 Å². The maximum atomic E-state index is 11.9. The molecule has 1 aromatic heterocycles. The zero-order valence-electron chi connectivity index (χ0n) is 10.7. The number of hydrogen-bond acceptors (Lipinski definition) is 4. The zero-order chi connectivity index (χ0) is 13.7. The molecule has 2 rings (SSSR count). The van der Waals surface area contributed by atoms with E-state index in [1.54, 1.807) is 5.38 Å². The Hall–Kier alpha value is -1.72. The molecule has 0 aliphatic heterocycles. The molecule has 19 heavy (non-hydrogen) atoms. The minimum atomic E-state index is -0.295. The minimum absolute atomic E-state index is 0.0935. The van der Waals surface area contributed by atoms with E-state index in [1.807, 2.05) is 37.3 Å². The monoisotopic (exact) mass is 276 g/mol. The van der Waals surface area contributed by atoms with Gasteiger partial charge < -0.3 is 10.4 Å². The number of aliphatic hydroxyl groups is 1. The highest BCUT2D eigenvalue weighted by Crippen LogP contribution is 2.09. The van der Waals surface area contributed by atoms with Gasteiger partial charge in [0.15, 0.2) is 0 Å². The summed E-state index contributed by atoms with van der Waals surface area (Å²) in [5.41, 5.74) is 1.49. The van der Waals surface area contributed by atoms with Gasteiger partial charge >= 0.3 is 0 Å². The Morgan fingerprint density at radius 1 is 1.42 bits per heavy atom. The van der Waals surface area contributed by atoms with Crippen LogP contribution in [0.4, 0.5) is 0 Å². The first kappa shape index (κ1) is 13.7. The van der Waals surface area contributed by atoms with E-state index in [1.165, 1.54) is 11.3 Å². The van der Waals surface area contributed by atoms with E-state index in [2.05, 4.69) is 10.3 Å². The second-order valence-electron chi connectivity index (χ2n) is 4.29. The van der Waals surface area contributed by atoms with Crippen molar-refractivity contribution in [1.82, 2.24) is 10.3 Å². The van der Waals surface area contributed by atoms with Crippen LogP contribution in [0.1, 0.15) is 21.1 Å². The molecule has 4 nitrogen and oxygen atoms in total. The molecule has 0 aliphatic carbocycles. The number of amides is 1. The maximum absolute atomic E-state index is 11.9. The van der Waals surface area contributed by atoms with Crippen molar-refractivity contribution in [3.63, 3.8) is 0 Å². The molecule has 0 aliphatic rings. The molecule has 0 spiro atoms. The smallest absolute Gasteiger partial charge is 0.271 e. The summed E-state index contributed by atoms with van der Waals surface area (Å²) in [7, 11) is 0. The number of carbonyl (C=O) groups is 1. The SMILES string of the molecule is Cc1nc(C(=O)NC(CO)Cc2ccccc2)cs1. The van der Waals surface area contributed by atoms with Crippen molar-refractivity contribution in [1.29, 1.82) is 0 Å². The van der Waals surface area contributed by atoms with E-state index in [0.717, 1.165) is 10.6 Å². The van der Waals surface area contributed by atoms with Gasteiger partial charge in [0.1, 0.15) is 5.69 Å². The van der Waals surface area contributed by atoms with Crippen molar-refractivity contribution >= 4 is 17.2 Å². The Morgan fingerprint density at radius 2 is 2.16 bits per heavy atom. The minimum Gasteiger partial charge on any atom is -0.394 e. The first-order chi connectivity index (χ1) is 9.19. The summed E-state index contributed by atoms with van der Waals surface area (Å²) in [6, 6.07) is 9.47. The topological polar surface area (TPSA) is 62.2 Å². The quantitative estimate of drug-likeness (QED) is 0.875. The summed E-state index contributed by atoms with van der Waals surface area (Å²) in [4.78, 5) is 16.1. The second kappa shape index (κ2) is 6.45. The number of rotatable bonds is 5. The van der Waals surface area contributed by atoms with Crippen LogP contribution in [0.25, 0.3) is 0 Å². The Bertz CT molecular complexity index is 539. The molecule has 0 saturated carbocycles. The van der Waals surface area contributed by atoms with Crippen LogP contribution in [0.2, 0.25) is 0 Å². The van der Waals surface area contributed by atoms with Gasteiger partial charge in [-0.15, -0.1) is 11.3 Å². The third-order valence-corrected chi connectivity index (χ3v) is 3.51. The van der Waals surface area contributed by atoms with E-state index in [-0.39, 0.29) is 18.6 Å². The molecular formula is C14H16N2O2S. The highest BCUT2D eigenvalue weighted by molar-refractivity contribution is 7.09. The molecule has 5 heteroatoms. The van der Waals surface area contributed by atoms with Gasteiger partial charge in [-0.1, -0.05) is 30.3 Å².